The number of hydrogen-bond acceptors (Lipinski definition) is 3. The molecule has 1 rings (SSSR count). The first-order chi connectivity index (χ1) is 3.84. The van der Waals surface area contributed by atoms with Crippen molar-refractivity contribution >= 4 is 17.6 Å². The van der Waals surface area contributed by atoms with Crippen molar-refractivity contribution in [2.45, 2.75) is 6.92 Å². The van der Waals surface area contributed by atoms with Crippen LogP contribution in [-0.2, 0) is 4.79 Å². The van der Waals surface area contributed by atoms with E-state index in [0.717, 1.165) is 5.69 Å². The number of aromatic nitrogens is 1. The molecule has 0 fully saturated rings. The van der Waals surface area contributed by atoms with Gasteiger partial charge in [-0.2, -0.15) is 0 Å². The van der Waals surface area contributed by atoms with Crippen molar-refractivity contribution in [1.82, 2.24) is 4.98 Å². The molecule has 0 amide bonds. The molecule has 0 unspecified atom stereocenters. The molecule has 8 heavy (non-hydrogen) atoms. The molecule has 2 nitrogen and oxygen atoms in total. The first kappa shape index (κ1) is 5.44. The Labute approximate surface area is 51.2 Å². The second-order valence-electron chi connectivity index (χ2n) is 1.37. The molecule has 0 bridgehead atoms. The molecule has 1 radical (unpaired) electrons. The molecule has 0 aliphatic carbocycles. The summed E-state index contributed by atoms with van der Waals surface area (Å²) >= 11 is 1.31. The molecule has 1 aromatic heterocycles. The molecule has 0 spiro atoms. The summed E-state index contributed by atoms with van der Waals surface area (Å²) in [7, 11) is 0. The largest absolute Gasteiger partial charge is 0.284 e. The van der Waals surface area contributed by atoms with Crippen LogP contribution >= 0.6 is 11.3 Å². The highest BCUT2D eigenvalue weighted by Gasteiger charge is 1.96. The van der Waals surface area contributed by atoms with E-state index in [0.29, 0.717) is 4.88 Å². The first-order valence-corrected chi connectivity index (χ1v) is 3.01. The number of hydrogen-bond donors (Lipinski definition) is 0. The molecule has 0 saturated carbocycles. The van der Waals surface area contributed by atoms with Crippen LogP contribution in [0.15, 0.2) is 5.51 Å². The van der Waals surface area contributed by atoms with E-state index >= 15 is 0 Å². The van der Waals surface area contributed by atoms with Gasteiger partial charge in [-0.25, -0.2) is 4.98 Å². The normalized spacial score (nSPS) is 9.12. The molecule has 41 valence electrons. The smallest absolute Gasteiger partial charge is 0.246 e. The second-order valence-corrected chi connectivity index (χ2v) is 2.22. The van der Waals surface area contributed by atoms with Gasteiger partial charge in [-0.05, 0) is 6.92 Å². The minimum absolute atomic E-state index is 0.602. The Morgan fingerprint density at radius 3 is 2.88 bits per heavy atom. The molecule has 0 atom stereocenters. The van der Waals surface area contributed by atoms with Crippen molar-refractivity contribution in [3.05, 3.63) is 16.1 Å². The van der Waals surface area contributed by atoms with Gasteiger partial charge in [0.15, 0.2) is 0 Å². The zero-order valence-electron chi connectivity index (χ0n) is 4.34. The number of aryl methyl sites for hydroxylation is 1. The Balaban J connectivity index is 3.09. The summed E-state index contributed by atoms with van der Waals surface area (Å²) in [6, 6.07) is 0. The van der Waals surface area contributed by atoms with Crippen LogP contribution in [0, 0.1) is 6.92 Å². The van der Waals surface area contributed by atoms with Crippen molar-refractivity contribution < 1.29 is 4.79 Å². The van der Waals surface area contributed by atoms with Gasteiger partial charge < -0.3 is 0 Å². The van der Waals surface area contributed by atoms with E-state index in [1.165, 1.54) is 11.3 Å². The molecule has 0 aliphatic rings. The van der Waals surface area contributed by atoms with Crippen molar-refractivity contribution in [2.24, 2.45) is 0 Å². The van der Waals surface area contributed by atoms with E-state index < -0.39 is 0 Å². The highest BCUT2D eigenvalue weighted by atomic mass is 32.1. The lowest BCUT2D eigenvalue weighted by Gasteiger charge is -1.75. The maximum Gasteiger partial charge on any atom is 0.246 e. The predicted molar refractivity (Wildman–Crippen MR) is 31.6 cm³/mol. The molecular formula is C5H4NOS. The molecule has 0 aromatic carbocycles. The van der Waals surface area contributed by atoms with Crippen LogP contribution in [0.5, 0.6) is 0 Å². The van der Waals surface area contributed by atoms with Crippen LogP contribution in [0.1, 0.15) is 10.6 Å². The lowest BCUT2D eigenvalue weighted by atomic mass is 10.4. The molecular weight excluding hydrogens is 122 g/mol. The van der Waals surface area contributed by atoms with E-state index in [1.54, 1.807) is 18.7 Å². The fraction of sp³-hybridized carbons (Fsp3) is 0.200. The first-order valence-electron chi connectivity index (χ1n) is 2.13. The molecule has 1 heterocycles. The third-order valence-electron chi connectivity index (χ3n) is 0.838. The Bertz CT molecular complexity index is 194. The lowest BCUT2D eigenvalue weighted by molar-refractivity contribution is 0.563. The third-order valence-corrected chi connectivity index (χ3v) is 1.66. The van der Waals surface area contributed by atoms with Crippen molar-refractivity contribution in [3.8, 4) is 0 Å². The van der Waals surface area contributed by atoms with E-state index in [-0.39, 0.29) is 0 Å². The number of rotatable bonds is 1. The van der Waals surface area contributed by atoms with Gasteiger partial charge in [-0.15, -0.1) is 11.3 Å². The van der Waals surface area contributed by atoms with E-state index in [4.69, 9.17) is 0 Å². The Hall–Kier alpha value is -0.700. The van der Waals surface area contributed by atoms with Crippen LogP contribution in [0.3, 0.4) is 0 Å². The summed E-state index contributed by atoms with van der Waals surface area (Å²) in [6.45, 7) is 1.79. The van der Waals surface area contributed by atoms with Crippen LogP contribution < -0.4 is 0 Å². The quantitative estimate of drug-likeness (QED) is 0.559. The van der Waals surface area contributed by atoms with Gasteiger partial charge in [0.05, 0.1) is 11.2 Å². The Kier molecular flexibility index (Phi) is 1.39. The summed E-state index contributed by atoms with van der Waals surface area (Å²) in [5.41, 5.74) is 2.40. The average molecular weight is 126 g/mol. The molecule has 0 aliphatic heterocycles. The molecule has 0 saturated heterocycles. The van der Waals surface area contributed by atoms with E-state index in [9.17, 15) is 4.79 Å². The Morgan fingerprint density at radius 2 is 2.62 bits per heavy atom. The van der Waals surface area contributed by atoms with Gasteiger partial charge in [0.25, 0.3) is 0 Å². The Morgan fingerprint density at radius 1 is 1.88 bits per heavy atom. The SMILES string of the molecule is Cc1ncsc1[C]=O. The topological polar surface area (TPSA) is 30.0 Å². The van der Waals surface area contributed by atoms with Crippen molar-refractivity contribution in [1.29, 1.82) is 0 Å². The number of carbonyl (C=O) groups excluding carboxylic acids is 1. The second kappa shape index (κ2) is 2.05. The van der Waals surface area contributed by atoms with E-state index in [2.05, 4.69) is 4.98 Å². The number of nitrogens with zero attached hydrogens (tertiary/aromatic N) is 1. The average Bonchev–Trinajstić information content (AvgIpc) is 2.14. The summed E-state index contributed by atoms with van der Waals surface area (Å²) < 4.78 is 0. The van der Waals surface area contributed by atoms with Gasteiger partial charge in [0, 0.05) is 0 Å². The van der Waals surface area contributed by atoms with Gasteiger partial charge in [0.2, 0.25) is 6.29 Å². The summed E-state index contributed by atoms with van der Waals surface area (Å²) in [5.74, 6) is 0. The van der Waals surface area contributed by atoms with Crippen LogP contribution in [0.2, 0.25) is 0 Å². The van der Waals surface area contributed by atoms with Crippen LogP contribution in [-0.4, -0.2) is 11.3 Å². The molecule has 3 heteroatoms. The van der Waals surface area contributed by atoms with Crippen LogP contribution in [0.4, 0.5) is 0 Å². The lowest BCUT2D eigenvalue weighted by Crippen LogP contribution is -1.76. The zero-order chi connectivity index (χ0) is 5.98. The maximum atomic E-state index is 9.93. The fourth-order valence-electron chi connectivity index (χ4n) is 0.400. The highest BCUT2D eigenvalue weighted by molar-refractivity contribution is 7.11. The minimum Gasteiger partial charge on any atom is -0.284 e. The van der Waals surface area contributed by atoms with Crippen LogP contribution in [0.25, 0.3) is 0 Å². The van der Waals surface area contributed by atoms with Gasteiger partial charge >= 0.3 is 0 Å². The van der Waals surface area contributed by atoms with Gasteiger partial charge in [0.1, 0.15) is 4.88 Å². The minimum atomic E-state index is 0.602. The highest BCUT2D eigenvalue weighted by Crippen LogP contribution is 2.07. The zero-order valence-corrected chi connectivity index (χ0v) is 5.16. The maximum absolute atomic E-state index is 9.93. The standard InChI is InChI=1S/C5H4NOS/c1-4-5(2-7)8-3-6-4/h3H,1H3. The monoisotopic (exact) mass is 126 g/mol. The number of thiazole rings is 1. The van der Waals surface area contributed by atoms with E-state index in [1.807, 2.05) is 0 Å². The van der Waals surface area contributed by atoms with Crippen molar-refractivity contribution in [2.75, 3.05) is 0 Å². The summed E-state index contributed by atoms with van der Waals surface area (Å²) in [5, 5.41) is 0. The summed E-state index contributed by atoms with van der Waals surface area (Å²) in [4.78, 5) is 14.4. The molecule has 1 aromatic rings. The summed E-state index contributed by atoms with van der Waals surface area (Å²) in [6.07, 6.45) is 1.78. The fourth-order valence-corrected chi connectivity index (χ4v) is 0.988. The third kappa shape index (κ3) is 0.767. The van der Waals surface area contributed by atoms with Gasteiger partial charge in [-0.1, -0.05) is 0 Å². The van der Waals surface area contributed by atoms with Gasteiger partial charge in [-0.3, -0.25) is 4.79 Å². The van der Waals surface area contributed by atoms with Crippen molar-refractivity contribution in [3.63, 3.8) is 0 Å². The predicted octanol–water partition coefficient (Wildman–Crippen LogP) is 0.909. The molecule has 0 N–H and O–H groups in total.